The predicted molar refractivity (Wildman–Crippen MR) is 80.2 cm³/mol. The van der Waals surface area contributed by atoms with Gasteiger partial charge in [0.1, 0.15) is 6.33 Å². The van der Waals surface area contributed by atoms with Gasteiger partial charge in [0.25, 0.3) is 0 Å². The highest BCUT2D eigenvalue weighted by atomic mass is 32.2. The van der Waals surface area contributed by atoms with Gasteiger partial charge in [0.05, 0.1) is 12.3 Å². The van der Waals surface area contributed by atoms with Gasteiger partial charge in [-0.25, -0.2) is 0 Å². The molecule has 21 heavy (non-hydrogen) atoms. The van der Waals surface area contributed by atoms with E-state index in [4.69, 9.17) is 5.73 Å². The number of carbonyl (C=O) groups is 2. The number of hydrogen-bond acceptors (Lipinski definition) is 6. The van der Waals surface area contributed by atoms with Crippen molar-refractivity contribution in [3.05, 3.63) is 36.2 Å². The zero-order valence-electron chi connectivity index (χ0n) is 11.4. The summed E-state index contributed by atoms with van der Waals surface area (Å²) < 4.78 is 1.74. The average Bonchev–Trinajstić information content (AvgIpc) is 2.90. The molecular formula is C13H15N5O2S. The second kappa shape index (κ2) is 7.00. The number of anilines is 1. The summed E-state index contributed by atoms with van der Waals surface area (Å²) in [6.07, 6.45) is 1.58. The molecule has 1 amide bonds. The highest BCUT2D eigenvalue weighted by Gasteiger charge is 2.08. The number of nitrogens with zero attached hydrogens (tertiary/aromatic N) is 3. The van der Waals surface area contributed by atoms with E-state index >= 15 is 0 Å². The van der Waals surface area contributed by atoms with Gasteiger partial charge in [0.15, 0.2) is 10.9 Å². The second-order valence-corrected chi connectivity index (χ2v) is 5.21. The minimum Gasteiger partial charge on any atom is -0.325 e. The lowest BCUT2D eigenvalue weighted by atomic mass is 10.1. The summed E-state index contributed by atoms with van der Waals surface area (Å²) in [5, 5.41) is 11.0. The molecule has 1 aromatic carbocycles. The first-order valence-electron chi connectivity index (χ1n) is 6.20. The predicted octanol–water partition coefficient (Wildman–Crippen LogP) is 0.687. The van der Waals surface area contributed by atoms with E-state index in [2.05, 4.69) is 15.5 Å². The van der Waals surface area contributed by atoms with Gasteiger partial charge in [0, 0.05) is 18.3 Å². The van der Waals surface area contributed by atoms with Crippen LogP contribution in [0.1, 0.15) is 10.4 Å². The molecule has 2 rings (SSSR count). The van der Waals surface area contributed by atoms with Crippen LogP contribution < -0.4 is 11.1 Å². The number of aromatic nitrogens is 3. The molecular weight excluding hydrogens is 290 g/mol. The number of Topliss-reactive ketones (excluding diaryl/α,β-unsaturated/α-hetero) is 1. The van der Waals surface area contributed by atoms with Crippen molar-refractivity contribution in [3.8, 4) is 0 Å². The molecule has 0 aliphatic heterocycles. The monoisotopic (exact) mass is 305 g/mol. The first kappa shape index (κ1) is 15.2. The lowest BCUT2D eigenvalue weighted by Crippen LogP contribution is -2.15. The number of nitrogens with one attached hydrogen (secondary N) is 1. The van der Waals surface area contributed by atoms with E-state index in [1.807, 2.05) is 7.05 Å². The van der Waals surface area contributed by atoms with Gasteiger partial charge in [-0.15, -0.1) is 10.2 Å². The number of aryl methyl sites for hydroxylation is 1. The van der Waals surface area contributed by atoms with Crippen molar-refractivity contribution in [2.24, 2.45) is 12.8 Å². The summed E-state index contributed by atoms with van der Waals surface area (Å²) in [7, 11) is 1.81. The SMILES string of the molecule is Cn1cnnc1SCC(=O)Nc1ccc(C(=O)CN)cc1. The van der Waals surface area contributed by atoms with Crippen LogP contribution in [0.4, 0.5) is 5.69 Å². The van der Waals surface area contributed by atoms with Crippen molar-refractivity contribution in [2.45, 2.75) is 5.16 Å². The fourth-order valence-corrected chi connectivity index (χ4v) is 2.28. The molecule has 1 aromatic heterocycles. The zero-order chi connectivity index (χ0) is 15.2. The molecule has 0 radical (unpaired) electrons. The lowest BCUT2D eigenvalue weighted by molar-refractivity contribution is -0.113. The molecule has 3 N–H and O–H groups in total. The van der Waals surface area contributed by atoms with Gasteiger partial charge in [0.2, 0.25) is 5.91 Å². The quantitative estimate of drug-likeness (QED) is 0.601. The van der Waals surface area contributed by atoms with Crippen molar-refractivity contribution in [2.75, 3.05) is 17.6 Å². The fraction of sp³-hybridized carbons (Fsp3) is 0.231. The third-order valence-corrected chi connectivity index (χ3v) is 3.71. The molecule has 0 aliphatic carbocycles. The third kappa shape index (κ3) is 4.14. The Morgan fingerprint density at radius 1 is 1.33 bits per heavy atom. The molecule has 0 aliphatic rings. The Morgan fingerprint density at radius 3 is 2.62 bits per heavy atom. The summed E-state index contributed by atoms with van der Waals surface area (Å²) in [5.74, 6) is -0.0534. The largest absolute Gasteiger partial charge is 0.325 e. The van der Waals surface area contributed by atoms with Gasteiger partial charge >= 0.3 is 0 Å². The Balaban J connectivity index is 1.88. The summed E-state index contributed by atoms with van der Waals surface area (Å²) in [6.45, 7) is -0.0277. The number of benzene rings is 1. The molecule has 1 heterocycles. The number of ketones is 1. The molecule has 110 valence electrons. The van der Waals surface area contributed by atoms with Crippen LogP contribution >= 0.6 is 11.8 Å². The van der Waals surface area contributed by atoms with Crippen molar-refractivity contribution in [1.29, 1.82) is 0 Å². The highest BCUT2D eigenvalue weighted by Crippen LogP contribution is 2.15. The highest BCUT2D eigenvalue weighted by molar-refractivity contribution is 7.99. The van der Waals surface area contributed by atoms with Gasteiger partial charge in [-0.2, -0.15) is 0 Å². The Kier molecular flexibility index (Phi) is 5.07. The van der Waals surface area contributed by atoms with Crippen LogP contribution in [-0.2, 0) is 11.8 Å². The minimum absolute atomic E-state index is 0.0277. The number of nitrogens with two attached hydrogens (primary N) is 1. The van der Waals surface area contributed by atoms with E-state index in [1.54, 1.807) is 35.2 Å². The van der Waals surface area contributed by atoms with E-state index in [0.29, 0.717) is 16.4 Å². The van der Waals surface area contributed by atoms with E-state index < -0.39 is 0 Å². The maximum absolute atomic E-state index is 11.8. The Labute approximate surface area is 125 Å². The van der Waals surface area contributed by atoms with Gasteiger partial charge in [-0.1, -0.05) is 11.8 Å². The first-order valence-corrected chi connectivity index (χ1v) is 7.18. The summed E-state index contributed by atoms with van der Waals surface area (Å²) in [5.41, 5.74) is 6.45. The Morgan fingerprint density at radius 2 is 2.05 bits per heavy atom. The molecule has 0 saturated carbocycles. The molecule has 7 nitrogen and oxygen atoms in total. The second-order valence-electron chi connectivity index (χ2n) is 4.27. The van der Waals surface area contributed by atoms with Gasteiger partial charge in [-0.3, -0.25) is 9.59 Å². The molecule has 8 heteroatoms. The van der Waals surface area contributed by atoms with Crippen LogP contribution in [0.2, 0.25) is 0 Å². The Bertz CT molecular complexity index is 638. The number of amides is 1. The number of carbonyl (C=O) groups excluding carboxylic acids is 2. The molecule has 0 bridgehead atoms. The van der Waals surface area contributed by atoms with E-state index in [1.165, 1.54) is 11.8 Å². The van der Waals surface area contributed by atoms with Crippen LogP contribution in [0.15, 0.2) is 35.7 Å². The van der Waals surface area contributed by atoms with E-state index in [-0.39, 0.29) is 24.0 Å². The normalized spacial score (nSPS) is 10.4. The molecule has 0 atom stereocenters. The van der Waals surface area contributed by atoms with Crippen molar-refractivity contribution in [3.63, 3.8) is 0 Å². The van der Waals surface area contributed by atoms with E-state index in [0.717, 1.165) is 0 Å². The maximum Gasteiger partial charge on any atom is 0.234 e. The fourth-order valence-electron chi connectivity index (χ4n) is 1.59. The minimum atomic E-state index is -0.152. The standard InChI is InChI=1S/C13H15N5O2S/c1-18-8-15-17-13(18)21-7-12(20)16-10-4-2-9(3-5-10)11(19)6-14/h2-5,8H,6-7,14H2,1H3,(H,16,20). The van der Waals surface area contributed by atoms with Gasteiger partial charge in [-0.05, 0) is 24.3 Å². The van der Waals surface area contributed by atoms with Gasteiger partial charge < -0.3 is 15.6 Å². The van der Waals surface area contributed by atoms with Crippen LogP contribution in [-0.4, -0.2) is 38.8 Å². The van der Waals surface area contributed by atoms with Crippen molar-refractivity contribution >= 4 is 29.1 Å². The Hall–Kier alpha value is -2.19. The van der Waals surface area contributed by atoms with Crippen LogP contribution in [0.3, 0.4) is 0 Å². The van der Waals surface area contributed by atoms with Crippen LogP contribution in [0.25, 0.3) is 0 Å². The average molecular weight is 305 g/mol. The lowest BCUT2D eigenvalue weighted by Gasteiger charge is -2.05. The van der Waals surface area contributed by atoms with Crippen molar-refractivity contribution < 1.29 is 9.59 Å². The summed E-state index contributed by atoms with van der Waals surface area (Å²) in [6, 6.07) is 6.63. The molecule has 0 saturated heterocycles. The molecule has 2 aromatic rings. The number of thioether (sulfide) groups is 1. The summed E-state index contributed by atoms with van der Waals surface area (Å²) in [4.78, 5) is 23.2. The van der Waals surface area contributed by atoms with Crippen LogP contribution in [0.5, 0.6) is 0 Å². The maximum atomic E-state index is 11.8. The molecule has 0 spiro atoms. The molecule has 0 fully saturated rings. The van der Waals surface area contributed by atoms with Crippen molar-refractivity contribution in [1.82, 2.24) is 14.8 Å². The zero-order valence-corrected chi connectivity index (χ0v) is 12.3. The molecule has 0 unspecified atom stereocenters. The van der Waals surface area contributed by atoms with E-state index in [9.17, 15) is 9.59 Å². The topological polar surface area (TPSA) is 103 Å². The van der Waals surface area contributed by atoms with Crippen LogP contribution in [0, 0.1) is 0 Å². The third-order valence-electron chi connectivity index (χ3n) is 2.68. The smallest absolute Gasteiger partial charge is 0.234 e. The first-order chi connectivity index (χ1) is 10.1. The summed E-state index contributed by atoms with van der Waals surface area (Å²) >= 11 is 1.30. The number of rotatable bonds is 6. The number of hydrogen-bond donors (Lipinski definition) is 2.